The third kappa shape index (κ3) is 2.25. The Morgan fingerprint density at radius 3 is 2.64 bits per heavy atom. The van der Waals surface area contributed by atoms with Crippen LogP contribution in [0.15, 0.2) is 0 Å². The molecule has 0 aromatic rings. The first kappa shape index (κ1) is 10.4. The minimum absolute atomic E-state index is 0.153. The average molecular weight is 201 g/mol. The minimum atomic E-state index is -0.342. The summed E-state index contributed by atoms with van der Waals surface area (Å²) in [5, 5.41) is 19.2. The van der Waals surface area contributed by atoms with Crippen molar-refractivity contribution in [2.75, 3.05) is 26.3 Å². The van der Waals surface area contributed by atoms with Gasteiger partial charge in [-0.3, -0.25) is 4.90 Å². The van der Waals surface area contributed by atoms with E-state index >= 15 is 0 Å². The highest BCUT2D eigenvalue weighted by molar-refractivity contribution is 4.85. The first-order valence-corrected chi connectivity index (χ1v) is 5.45. The van der Waals surface area contributed by atoms with Crippen LogP contribution in [0.2, 0.25) is 0 Å². The third-order valence-corrected chi connectivity index (χ3v) is 3.22. The van der Waals surface area contributed by atoms with Crippen molar-refractivity contribution >= 4 is 0 Å². The SMILES string of the molecule is OC1CCCN([C@@H]2COC[C@H]2O)CC1. The van der Waals surface area contributed by atoms with Gasteiger partial charge in [0.15, 0.2) is 0 Å². The number of aliphatic hydroxyl groups is 2. The first-order chi connectivity index (χ1) is 6.77. The van der Waals surface area contributed by atoms with Gasteiger partial charge in [-0.15, -0.1) is 0 Å². The molecule has 0 aliphatic carbocycles. The quantitative estimate of drug-likeness (QED) is 0.606. The zero-order chi connectivity index (χ0) is 9.97. The van der Waals surface area contributed by atoms with E-state index in [-0.39, 0.29) is 18.2 Å². The molecule has 4 heteroatoms. The van der Waals surface area contributed by atoms with Gasteiger partial charge >= 0.3 is 0 Å². The van der Waals surface area contributed by atoms with E-state index in [0.717, 1.165) is 32.4 Å². The second-order valence-electron chi connectivity index (χ2n) is 4.29. The molecular formula is C10H19NO3. The van der Waals surface area contributed by atoms with Crippen LogP contribution in [0.4, 0.5) is 0 Å². The average Bonchev–Trinajstić information content (AvgIpc) is 2.46. The summed E-state index contributed by atoms with van der Waals surface area (Å²) >= 11 is 0. The van der Waals surface area contributed by atoms with Crippen LogP contribution in [0.1, 0.15) is 19.3 Å². The van der Waals surface area contributed by atoms with Crippen molar-refractivity contribution in [2.45, 2.75) is 37.5 Å². The lowest BCUT2D eigenvalue weighted by Gasteiger charge is -2.28. The van der Waals surface area contributed by atoms with Crippen molar-refractivity contribution in [3.05, 3.63) is 0 Å². The second kappa shape index (κ2) is 4.57. The minimum Gasteiger partial charge on any atom is -0.393 e. The molecule has 0 spiro atoms. The number of aliphatic hydroxyl groups excluding tert-OH is 2. The summed E-state index contributed by atoms with van der Waals surface area (Å²) in [6, 6.07) is 0.153. The first-order valence-electron chi connectivity index (χ1n) is 5.45. The lowest BCUT2D eigenvalue weighted by atomic mass is 10.1. The van der Waals surface area contributed by atoms with Crippen molar-refractivity contribution in [3.8, 4) is 0 Å². The topological polar surface area (TPSA) is 52.9 Å². The molecule has 3 atom stereocenters. The van der Waals surface area contributed by atoms with Crippen LogP contribution in [-0.4, -0.2) is 59.7 Å². The molecule has 2 aliphatic rings. The Morgan fingerprint density at radius 2 is 1.93 bits per heavy atom. The van der Waals surface area contributed by atoms with Gasteiger partial charge in [-0.25, -0.2) is 0 Å². The molecular weight excluding hydrogens is 182 g/mol. The van der Waals surface area contributed by atoms with E-state index < -0.39 is 0 Å². The third-order valence-electron chi connectivity index (χ3n) is 3.22. The monoisotopic (exact) mass is 201 g/mol. The van der Waals surface area contributed by atoms with Gasteiger partial charge in [0, 0.05) is 6.54 Å². The van der Waals surface area contributed by atoms with E-state index in [2.05, 4.69) is 4.90 Å². The molecule has 0 amide bonds. The van der Waals surface area contributed by atoms with Gasteiger partial charge in [-0.1, -0.05) is 0 Å². The molecule has 0 radical (unpaired) electrons. The molecule has 2 N–H and O–H groups in total. The molecule has 0 bridgehead atoms. The standard InChI is InChI=1S/C10H19NO3/c12-8-2-1-4-11(5-3-8)9-6-14-7-10(9)13/h8-10,12-13H,1-7H2/t8?,9-,10-/m1/s1. The molecule has 2 fully saturated rings. The molecule has 1 unspecified atom stereocenters. The molecule has 2 aliphatic heterocycles. The van der Waals surface area contributed by atoms with E-state index in [1.54, 1.807) is 0 Å². The van der Waals surface area contributed by atoms with Gasteiger partial charge in [0.1, 0.15) is 0 Å². The Hall–Kier alpha value is -0.160. The van der Waals surface area contributed by atoms with Gasteiger partial charge in [0.25, 0.3) is 0 Å². The van der Waals surface area contributed by atoms with E-state index in [0.29, 0.717) is 13.2 Å². The van der Waals surface area contributed by atoms with Crippen LogP contribution in [-0.2, 0) is 4.74 Å². The number of likely N-dealkylation sites (tertiary alicyclic amines) is 1. The smallest absolute Gasteiger partial charge is 0.0950 e. The van der Waals surface area contributed by atoms with Crippen LogP contribution in [0, 0.1) is 0 Å². The summed E-state index contributed by atoms with van der Waals surface area (Å²) in [5.41, 5.74) is 0. The molecule has 0 saturated carbocycles. The molecule has 4 nitrogen and oxygen atoms in total. The van der Waals surface area contributed by atoms with Crippen LogP contribution in [0.5, 0.6) is 0 Å². The number of hydrogen-bond acceptors (Lipinski definition) is 4. The fraction of sp³-hybridized carbons (Fsp3) is 1.00. The fourth-order valence-corrected chi connectivity index (χ4v) is 2.31. The molecule has 14 heavy (non-hydrogen) atoms. The van der Waals surface area contributed by atoms with E-state index in [4.69, 9.17) is 4.74 Å². The lowest BCUT2D eigenvalue weighted by Crippen LogP contribution is -2.43. The zero-order valence-electron chi connectivity index (χ0n) is 8.43. The number of hydrogen-bond donors (Lipinski definition) is 2. The molecule has 0 aromatic carbocycles. The Balaban J connectivity index is 1.90. The van der Waals surface area contributed by atoms with Gasteiger partial charge < -0.3 is 14.9 Å². The van der Waals surface area contributed by atoms with Crippen molar-refractivity contribution in [1.29, 1.82) is 0 Å². The molecule has 0 aromatic heterocycles. The highest BCUT2D eigenvalue weighted by Gasteiger charge is 2.32. The maximum Gasteiger partial charge on any atom is 0.0950 e. The van der Waals surface area contributed by atoms with E-state index in [9.17, 15) is 10.2 Å². The van der Waals surface area contributed by atoms with Crippen LogP contribution in [0.25, 0.3) is 0 Å². The Labute approximate surface area is 84.5 Å². The van der Waals surface area contributed by atoms with Crippen LogP contribution < -0.4 is 0 Å². The van der Waals surface area contributed by atoms with Gasteiger partial charge in [0.05, 0.1) is 31.5 Å². The van der Waals surface area contributed by atoms with Crippen LogP contribution in [0.3, 0.4) is 0 Å². The fourth-order valence-electron chi connectivity index (χ4n) is 2.31. The maximum absolute atomic E-state index is 9.67. The summed E-state index contributed by atoms with van der Waals surface area (Å²) in [6.07, 6.45) is 2.23. The predicted octanol–water partition coefficient (Wildman–Crippen LogP) is -0.407. The Morgan fingerprint density at radius 1 is 1.07 bits per heavy atom. The van der Waals surface area contributed by atoms with E-state index in [1.807, 2.05) is 0 Å². The summed E-state index contributed by atoms with van der Waals surface area (Å²) in [5.74, 6) is 0. The largest absolute Gasteiger partial charge is 0.393 e. The number of nitrogens with zero attached hydrogens (tertiary/aromatic N) is 1. The van der Waals surface area contributed by atoms with Gasteiger partial charge in [0.2, 0.25) is 0 Å². The van der Waals surface area contributed by atoms with Crippen molar-refractivity contribution in [3.63, 3.8) is 0 Å². The second-order valence-corrected chi connectivity index (χ2v) is 4.29. The molecule has 2 saturated heterocycles. The highest BCUT2D eigenvalue weighted by atomic mass is 16.5. The summed E-state index contributed by atoms with van der Waals surface area (Å²) < 4.78 is 5.24. The Kier molecular flexibility index (Phi) is 3.38. The van der Waals surface area contributed by atoms with Crippen molar-refractivity contribution < 1.29 is 14.9 Å². The molecule has 2 rings (SSSR count). The molecule has 2 heterocycles. The van der Waals surface area contributed by atoms with Crippen molar-refractivity contribution in [2.24, 2.45) is 0 Å². The number of rotatable bonds is 1. The lowest BCUT2D eigenvalue weighted by molar-refractivity contribution is 0.0801. The zero-order valence-corrected chi connectivity index (χ0v) is 8.43. The summed E-state index contributed by atoms with van der Waals surface area (Å²) in [6.45, 7) is 2.95. The van der Waals surface area contributed by atoms with E-state index in [1.165, 1.54) is 0 Å². The molecule has 82 valence electrons. The maximum atomic E-state index is 9.67. The van der Waals surface area contributed by atoms with Gasteiger partial charge in [-0.05, 0) is 25.8 Å². The van der Waals surface area contributed by atoms with Crippen molar-refractivity contribution in [1.82, 2.24) is 4.90 Å². The Bertz CT molecular complexity index is 188. The summed E-state index contributed by atoms with van der Waals surface area (Å²) in [7, 11) is 0. The summed E-state index contributed by atoms with van der Waals surface area (Å²) in [4.78, 5) is 2.26. The highest BCUT2D eigenvalue weighted by Crippen LogP contribution is 2.18. The normalized spacial score (nSPS) is 41.1. The van der Waals surface area contributed by atoms with Crippen LogP contribution >= 0.6 is 0 Å². The predicted molar refractivity (Wildman–Crippen MR) is 52.0 cm³/mol. The van der Waals surface area contributed by atoms with Gasteiger partial charge in [-0.2, -0.15) is 0 Å². The number of ether oxygens (including phenoxy) is 1.